The van der Waals surface area contributed by atoms with Gasteiger partial charge in [-0.2, -0.15) is 0 Å². The van der Waals surface area contributed by atoms with Crippen LogP contribution < -0.4 is 21.7 Å². The van der Waals surface area contributed by atoms with E-state index in [-0.39, 0.29) is 32.2 Å². The summed E-state index contributed by atoms with van der Waals surface area (Å²) in [4.78, 5) is 71.4. The predicted octanol–water partition coefficient (Wildman–Crippen LogP) is -1.14. The van der Waals surface area contributed by atoms with Crippen LogP contribution in [0.25, 0.3) is 0 Å². The zero-order chi connectivity index (χ0) is 25.0. The molecule has 0 aromatic heterocycles. The maximum absolute atomic E-state index is 12.9. The molecule has 0 aromatic carbocycles. The fraction of sp³-hybridized carbons (Fsp3) is 0.684. The Morgan fingerprint density at radius 1 is 0.969 bits per heavy atom. The predicted molar refractivity (Wildman–Crippen MR) is 112 cm³/mol. The molecule has 0 rings (SSSR count). The van der Waals surface area contributed by atoms with E-state index in [0.29, 0.717) is 0 Å². The monoisotopic (exact) mass is 459 g/mol. The lowest BCUT2D eigenvalue weighted by molar-refractivity contribution is -0.146. The number of carbonyl (C=O) groups excluding carboxylic acids is 4. The maximum atomic E-state index is 12.9. The third kappa shape index (κ3) is 10.6. The van der Waals surface area contributed by atoms with Gasteiger partial charge in [0.15, 0.2) is 0 Å². The molecule has 182 valence electrons. The van der Waals surface area contributed by atoms with Gasteiger partial charge in [0.1, 0.15) is 18.1 Å². The van der Waals surface area contributed by atoms with Crippen LogP contribution in [-0.2, 0) is 24.0 Å². The molecule has 0 aliphatic carbocycles. The Hall–Kier alpha value is -3.38. The van der Waals surface area contributed by atoms with Gasteiger partial charge in [-0.25, -0.2) is 9.59 Å². The molecule has 7 N–H and O–H groups in total. The highest BCUT2D eigenvalue weighted by Crippen LogP contribution is 2.14. The molecule has 3 atom stereocenters. The summed E-state index contributed by atoms with van der Waals surface area (Å²) in [6.07, 6.45) is -0.295. The zero-order valence-corrected chi connectivity index (χ0v) is 18.7. The number of carboxylic acids is 2. The van der Waals surface area contributed by atoms with Crippen LogP contribution >= 0.6 is 0 Å². The van der Waals surface area contributed by atoms with Crippen molar-refractivity contribution in [1.82, 2.24) is 20.9 Å². The molecule has 0 spiro atoms. The molecule has 0 aliphatic heterocycles. The van der Waals surface area contributed by atoms with Crippen LogP contribution in [0.4, 0.5) is 4.79 Å². The minimum Gasteiger partial charge on any atom is -0.481 e. The molecule has 0 radical (unpaired) electrons. The highest BCUT2D eigenvalue weighted by molar-refractivity contribution is 5.93. The van der Waals surface area contributed by atoms with E-state index in [1.807, 2.05) is 0 Å². The maximum Gasteiger partial charge on any atom is 0.326 e. The van der Waals surface area contributed by atoms with Gasteiger partial charge in [-0.1, -0.05) is 13.8 Å². The first kappa shape index (κ1) is 28.6. The van der Waals surface area contributed by atoms with Crippen molar-refractivity contribution >= 4 is 35.7 Å². The quantitative estimate of drug-likeness (QED) is 0.174. The van der Waals surface area contributed by atoms with Crippen molar-refractivity contribution in [1.29, 1.82) is 0 Å². The number of likely N-dealkylation sites (N-methyl/N-ethyl adjacent to an activating group) is 1. The van der Waals surface area contributed by atoms with Crippen molar-refractivity contribution in [3.63, 3.8) is 0 Å². The fourth-order valence-electron chi connectivity index (χ4n) is 3.11. The number of aliphatic carboxylic acids is 2. The number of carboxylic acid groups (broad SMARTS) is 2. The van der Waals surface area contributed by atoms with E-state index in [2.05, 4.69) is 16.0 Å². The summed E-state index contributed by atoms with van der Waals surface area (Å²) in [5.74, 6) is -4.79. The van der Waals surface area contributed by atoms with Crippen LogP contribution in [0.2, 0.25) is 0 Å². The van der Waals surface area contributed by atoms with Gasteiger partial charge in [0, 0.05) is 26.9 Å². The van der Waals surface area contributed by atoms with Crippen LogP contribution in [0.5, 0.6) is 0 Å². The summed E-state index contributed by atoms with van der Waals surface area (Å²) in [6.45, 7) is 4.62. The second kappa shape index (κ2) is 13.8. The molecule has 5 amide bonds. The topological polar surface area (TPSA) is 208 Å². The van der Waals surface area contributed by atoms with E-state index in [0.717, 1.165) is 4.90 Å². The van der Waals surface area contributed by atoms with E-state index in [1.165, 1.54) is 14.0 Å². The van der Waals surface area contributed by atoms with Crippen molar-refractivity contribution in [2.45, 2.75) is 64.6 Å². The van der Waals surface area contributed by atoms with Gasteiger partial charge < -0.3 is 36.8 Å². The number of nitrogens with one attached hydrogen (secondary N) is 3. The molecule has 0 unspecified atom stereocenters. The number of carbonyl (C=O) groups is 6. The molecule has 32 heavy (non-hydrogen) atoms. The van der Waals surface area contributed by atoms with Gasteiger partial charge in [-0.3, -0.25) is 19.2 Å². The Kier molecular flexibility index (Phi) is 12.4. The Bertz CT molecular complexity index is 712. The lowest BCUT2D eigenvalue weighted by atomic mass is 9.99. The van der Waals surface area contributed by atoms with Crippen molar-refractivity contribution in [2.75, 3.05) is 13.6 Å². The van der Waals surface area contributed by atoms with Crippen LogP contribution in [0, 0.1) is 5.92 Å². The van der Waals surface area contributed by atoms with E-state index >= 15 is 0 Å². The van der Waals surface area contributed by atoms with Crippen LogP contribution in [0.1, 0.15) is 46.5 Å². The molecule has 0 aromatic rings. The molecule has 0 bridgehead atoms. The standard InChI is InChI=1S/C19H33N5O8/c1-10(2)15(16(28)23-13(18(30)31)6-5-9-21-19(20)32)24(4)17(29)12(22-11(3)25)7-8-14(26)27/h10,12-13,15H,5-9H2,1-4H3,(H,22,25)(H,23,28)(H,26,27)(H,30,31)(H3,20,21,32)/t12-,13-,15-/m0/s1. The number of rotatable bonds is 14. The summed E-state index contributed by atoms with van der Waals surface area (Å²) < 4.78 is 0. The highest BCUT2D eigenvalue weighted by atomic mass is 16.4. The Morgan fingerprint density at radius 2 is 1.56 bits per heavy atom. The molecule has 0 saturated carbocycles. The molecule has 13 heteroatoms. The minimum atomic E-state index is -1.29. The van der Waals surface area contributed by atoms with Gasteiger partial charge in [0.25, 0.3) is 0 Å². The summed E-state index contributed by atoms with van der Waals surface area (Å²) in [5.41, 5.74) is 4.94. The SMILES string of the molecule is CC(=O)N[C@@H](CCC(=O)O)C(=O)N(C)[C@H](C(=O)N[C@@H](CCCNC(N)=O)C(=O)O)C(C)C. The number of nitrogens with two attached hydrogens (primary N) is 1. The third-order valence-corrected chi connectivity index (χ3v) is 4.57. The number of hydrogen-bond acceptors (Lipinski definition) is 6. The second-order valence-corrected chi connectivity index (χ2v) is 7.66. The number of amides is 5. The average Bonchev–Trinajstić information content (AvgIpc) is 2.65. The van der Waals surface area contributed by atoms with Crippen molar-refractivity contribution in [3.05, 3.63) is 0 Å². The smallest absolute Gasteiger partial charge is 0.326 e. The molecule has 13 nitrogen and oxygen atoms in total. The molecular weight excluding hydrogens is 426 g/mol. The first-order valence-corrected chi connectivity index (χ1v) is 10.1. The van der Waals surface area contributed by atoms with Gasteiger partial charge >= 0.3 is 18.0 Å². The van der Waals surface area contributed by atoms with E-state index in [9.17, 15) is 33.9 Å². The second-order valence-electron chi connectivity index (χ2n) is 7.66. The van der Waals surface area contributed by atoms with Gasteiger partial charge in [0.05, 0.1) is 0 Å². The Labute approximate surface area is 186 Å². The van der Waals surface area contributed by atoms with Crippen molar-refractivity contribution in [2.24, 2.45) is 11.7 Å². The Balaban J connectivity index is 5.39. The van der Waals surface area contributed by atoms with Gasteiger partial charge in [-0.05, 0) is 25.2 Å². The number of urea groups is 1. The largest absolute Gasteiger partial charge is 0.481 e. The fourth-order valence-corrected chi connectivity index (χ4v) is 3.11. The summed E-state index contributed by atoms with van der Waals surface area (Å²) in [5, 5.41) is 25.4. The summed E-state index contributed by atoms with van der Waals surface area (Å²) in [7, 11) is 1.33. The molecule has 0 saturated heterocycles. The molecular formula is C19H33N5O8. The lowest BCUT2D eigenvalue weighted by Gasteiger charge is -2.33. The van der Waals surface area contributed by atoms with E-state index in [4.69, 9.17) is 10.8 Å². The van der Waals surface area contributed by atoms with Crippen molar-refractivity contribution in [3.8, 4) is 0 Å². The molecule has 0 fully saturated rings. The Morgan fingerprint density at radius 3 is 2.00 bits per heavy atom. The first-order chi connectivity index (χ1) is 14.8. The van der Waals surface area contributed by atoms with Crippen LogP contribution in [-0.4, -0.2) is 82.5 Å². The normalized spacial score (nSPS) is 13.4. The number of hydrogen-bond donors (Lipinski definition) is 6. The summed E-state index contributed by atoms with van der Waals surface area (Å²) in [6, 6.07) is -4.25. The van der Waals surface area contributed by atoms with Crippen molar-refractivity contribution < 1.29 is 39.0 Å². The van der Waals surface area contributed by atoms with Crippen LogP contribution in [0.15, 0.2) is 0 Å². The molecule has 0 aliphatic rings. The zero-order valence-electron chi connectivity index (χ0n) is 18.7. The first-order valence-electron chi connectivity index (χ1n) is 10.1. The van der Waals surface area contributed by atoms with E-state index < -0.39 is 59.7 Å². The van der Waals surface area contributed by atoms with Gasteiger partial charge in [0.2, 0.25) is 17.7 Å². The minimum absolute atomic E-state index is 0.0109. The number of primary amides is 1. The average molecular weight is 460 g/mol. The van der Waals surface area contributed by atoms with Crippen LogP contribution in [0.3, 0.4) is 0 Å². The van der Waals surface area contributed by atoms with E-state index in [1.54, 1.807) is 13.8 Å². The lowest BCUT2D eigenvalue weighted by Crippen LogP contribution is -2.57. The highest BCUT2D eigenvalue weighted by Gasteiger charge is 2.35. The third-order valence-electron chi connectivity index (χ3n) is 4.57. The molecule has 0 heterocycles. The number of nitrogens with zero attached hydrogens (tertiary/aromatic N) is 1. The summed E-state index contributed by atoms with van der Waals surface area (Å²) >= 11 is 0. The van der Waals surface area contributed by atoms with Gasteiger partial charge in [-0.15, -0.1) is 0 Å².